The smallest absolute Gasteiger partial charge is 0.0289 e. The van der Waals surface area contributed by atoms with Gasteiger partial charge < -0.3 is 10.8 Å². The topological polar surface area (TPSA) is 47.7 Å². The second-order valence-corrected chi connectivity index (χ2v) is 8.18. The molecule has 0 fully saturated rings. The Morgan fingerprint density at radius 1 is 0.667 bits per heavy atom. The quantitative estimate of drug-likeness (QED) is 0.162. The molecular weight excluding hydrogens is 400 g/mol. The molecule has 2 nitrogen and oxygen atoms in total. The van der Waals surface area contributed by atoms with E-state index in [-0.39, 0.29) is 0 Å². The highest BCUT2D eigenvalue weighted by Gasteiger charge is 2.17. The Bertz CT molecular complexity index is 1540. The summed E-state index contributed by atoms with van der Waals surface area (Å²) in [7, 11) is 0. The van der Waals surface area contributed by atoms with Crippen LogP contribution < -0.4 is 0 Å². The fourth-order valence-corrected chi connectivity index (χ4v) is 4.76. The lowest BCUT2D eigenvalue weighted by Gasteiger charge is -2.19. The monoisotopic (exact) mass is 424 g/mol. The molecule has 158 valence electrons. The molecule has 0 aliphatic carbocycles. The molecule has 33 heavy (non-hydrogen) atoms. The van der Waals surface area contributed by atoms with Crippen LogP contribution in [0.25, 0.3) is 49.0 Å². The first-order valence-electron chi connectivity index (χ1n) is 11.0. The van der Waals surface area contributed by atoms with Crippen molar-refractivity contribution in [1.82, 2.24) is 0 Å². The molecule has 2 N–H and O–H groups in total. The largest absolute Gasteiger partial charge is 0.309 e. The van der Waals surface area contributed by atoms with Crippen LogP contribution in [0.3, 0.4) is 0 Å². The maximum Gasteiger partial charge on any atom is 0.0289 e. The standard InChI is InChI=1S/C31H24N2/c1-21(33)20-23(12-9-19-32)30-26-14-4-6-16-28(26)31(29-17-7-5-15-27(29)30)25-18-8-11-22-10-2-3-13-24(22)25/h2-20,32-33H,1H3/b12-9-,23-20+,32-19?,33-21?. The molecule has 5 rings (SSSR count). The third-order valence-electron chi connectivity index (χ3n) is 6.02. The fraction of sp³-hybridized carbons (Fsp3) is 0.0323. The molecule has 0 bridgehead atoms. The Kier molecular flexibility index (Phi) is 5.42. The zero-order valence-electron chi connectivity index (χ0n) is 18.5. The van der Waals surface area contributed by atoms with Crippen molar-refractivity contribution in [2.45, 2.75) is 6.92 Å². The van der Waals surface area contributed by atoms with E-state index in [2.05, 4.69) is 91.0 Å². The molecule has 0 unspecified atom stereocenters. The molecule has 2 heteroatoms. The van der Waals surface area contributed by atoms with Crippen molar-refractivity contribution < 1.29 is 0 Å². The summed E-state index contributed by atoms with van der Waals surface area (Å²) in [5.41, 5.74) is 4.95. The van der Waals surface area contributed by atoms with Gasteiger partial charge in [-0.2, -0.15) is 0 Å². The van der Waals surface area contributed by atoms with E-state index in [4.69, 9.17) is 10.8 Å². The van der Waals surface area contributed by atoms with Crippen molar-refractivity contribution in [2.75, 3.05) is 0 Å². The van der Waals surface area contributed by atoms with Gasteiger partial charge in [-0.1, -0.05) is 97.1 Å². The first-order valence-corrected chi connectivity index (χ1v) is 11.0. The van der Waals surface area contributed by atoms with E-state index in [9.17, 15) is 0 Å². The summed E-state index contributed by atoms with van der Waals surface area (Å²) in [6, 6.07) is 32.1. The third kappa shape index (κ3) is 3.66. The van der Waals surface area contributed by atoms with E-state index in [1.807, 2.05) is 12.2 Å². The fourth-order valence-electron chi connectivity index (χ4n) is 4.76. The van der Waals surface area contributed by atoms with Crippen molar-refractivity contribution in [3.8, 4) is 11.1 Å². The highest BCUT2D eigenvalue weighted by molar-refractivity contribution is 6.22. The summed E-state index contributed by atoms with van der Waals surface area (Å²) >= 11 is 0. The number of benzene rings is 5. The molecule has 0 aliphatic heterocycles. The summed E-state index contributed by atoms with van der Waals surface area (Å²) in [5.74, 6) is 0. The Morgan fingerprint density at radius 3 is 1.82 bits per heavy atom. The number of hydrogen-bond acceptors (Lipinski definition) is 2. The zero-order valence-corrected chi connectivity index (χ0v) is 18.5. The lowest BCUT2D eigenvalue weighted by Crippen LogP contribution is -1.95. The van der Waals surface area contributed by atoms with Crippen LogP contribution in [0.5, 0.6) is 0 Å². The van der Waals surface area contributed by atoms with Crippen LogP contribution >= 0.6 is 0 Å². The highest BCUT2D eigenvalue weighted by Crippen LogP contribution is 2.43. The number of allylic oxidation sites excluding steroid dienone is 4. The Morgan fingerprint density at radius 2 is 1.21 bits per heavy atom. The molecule has 0 aliphatic rings. The van der Waals surface area contributed by atoms with Gasteiger partial charge in [0.05, 0.1) is 0 Å². The predicted octanol–water partition coefficient (Wildman–Crippen LogP) is 8.44. The average molecular weight is 425 g/mol. The minimum absolute atomic E-state index is 0.478. The van der Waals surface area contributed by atoms with Gasteiger partial charge in [-0.15, -0.1) is 0 Å². The van der Waals surface area contributed by atoms with Gasteiger partial charge in [-0.3, -0.25) is 0 Å². The van der Waals surface area contributed by atoms with E-state index >= 15 is 0 Å². The molecule has 5 aromatic carbocycles. The molecule has 0 saturated carbocycles. The average Bonchev–Trinajstić information content (AvgIpc) is 2.84. The van der Waals surface area contributed by atoms with Crippen LogP contribution in [0, 0.1) is 10.8 Å². The normalized spacial score (nSPS) is 12.1. The summed E-state index contributed by atoms with van der Waals surface area (Å²) in [5, 5.41) is 22.7. The van der Waals surface area contributed by atoms with Crippen LogP contribution in [0.2, 0.25) is 0 Å². The summed E-state index contributed by atoms with van der Waals surface area (Å²) in [6.45, 7) is 1.78. The summed E-state index contributed by atoms with van der Waals surface area (Å²) in [6.07, 6.45) is 6.81. The molecule has 0 heterocycles. The van der Waals surface area contributed by atoms with Gasteiger partial charge >= 0.3 is 0 Å². The third-order valence-corrected chi connectivity index (χ3v) is 6.02. The molecule has 0 radical (unpaired) electrons. The predicted molar refractivity (Wildman–Crippen MR) is 144 cm³/mol. The number of hydrogen-bond donors (Lipinski definition) is 2. The van der Waals surface area contributed by atoms with Gasteiger partial charge in [0.15, 0.2) is 0 Å². The van der Waals surface area contributed by atoms with Crippen molar-refractivity contribution in [3.05, 3.63) is 115 Å². The molecule has 0 aromatic heterocycles. The van der Waals surface area contributed by atoms with Gasteiger partial charge in [0.2, 0.25) is 0 Å². The van der Waals surface area contributed by atoms with Crippen molar-refractivity contribution in [3.63, 3.8) is 0 Å². The molecule has 0 atom stereocenters. The molecule has 0 saturated heterocycles. The van der Waals surface area contributed by atoms with Gasteiger partial charge in [-0.05, 0) is 73.7 Å². The Labute approximate surface area is 193 Å². The van der Waals surface area contributed by atoms with Gasteiger partial charge in [0.25, 0.3) is 0 Å². The minimum atomic E-state index is 0.478. The zero-order chi connectivity index (χ0) is 22.8. The van der Waals surface area contributed by atoms with Crippen molar-refractivity contribution in [2.24, 2.45) is 0 Å². The second kappa shape index (κ2) is 8.68. The van der Waals surface area contributed by atoms with Crippen LogP contribution in [0.1, 0.15) is 12.5 Å². The van der Waals surface area contributed by atoms with Crippen LogP contribution in [0.15, 0.2) is 109 Å². The number of rotatable bonds is 5. The Balaban J connectivity index is 1.99. The molecule has 0 spiro atoms. The maximum atomic E-state index is 8.13. The molecule has 0 amide bonds. The van der Waals surface area contributed by atoms with Crippen LogP contribution in [0.4, 0.5) is 0 Å². The first kappa shape index (κ1) is 20.6. The van der Waals surface area contributed by atoms with E-state index in [1.165, 1.54) is 38.9 Å². The molecule has 5 aromatic rings. The van der Waals surface area contributed by atoms with Crippen LogP contribution in [-0.4, -0.2) is 11.9 Å². The number of fused-ring (bicyclic) bond motifs is 3. The van der Waals surface area contributed by atoms with Crippen LogP contribution in [-0.2, 0) is 0 Å². The lowest BCUT2D eigenvalue weighted by atomic mass is 9.84. The van der Waals surface area contributed by atoms with E-state index < -0.39 is 0 Å². The summed E-state index contributed by atoms with van der Waals surface area (Å²) < 4.78 is 0. The van der Waals surface area contributed by atoms with E-state index in [0.29, 0.717) is 5.71 Å². The maximum absolute atomic E-state index is 8.13. The van der Waals surface area contributed by atoms with Crippen molar-refractivity contribution in [1.29, 1.82) is 10.8 Å². The van der Waals surface area contributed by atoms with E-state index in [1.54, 1.807) is 13.0 Å². The second-order valence-electron chi connectivity index (χ2n) is 8.18. The SMILES string of the molecule is CC(=N)/C=C(\C=C/C=N)c1c2ccccc2c(-c2cccc3ccccc23)c2ccccc12. The highest BCUT2D eigenvalue weighted by atomic mass is 14.4. The molecular formula is C31H24N2. The number of nitrogens with one attached hydrogen (secondary N) is 2. The van der Waals surface area contributed by atoms with Gasteiger partial charge in [0, 0.05) is 11.9 Å². The van der Waals surface area contributed by atoms with Crippen molar-refractivity contribution >= 4 is 49.8 Å². The van der Waals surface area contributed by atoms with Gasteiger partial charge in [-0.25, -0.2) is 0 Å². The Hall–Kier alpha value is -4.30. The first-order chi connectivity index (χ1) is 16.2. The summed E-state index contributed by atoms with van der Waals surface area (Å²) in [4.78, 5) is 0. The minimum Gasteiger partial charge on any atom is -0.309 e. The van der Waals surface area contributed by atoms with E-state index in [0.717, 1.165) is 21.9 Å². The lowest BCUT2D eigenvalue weighted by molar-refractivity contribution is 1.50. The van der Waals surface area contributed by atoms with Gasteiger partial charge in [0.1, 0.15) is 0 Å².